The summed E-state index contributed by atoms with van der Waals surface area (Å²) in [5.41, 5.74) is 0.426. The van der Waals surface area contributed by atoms with E-state index in [0.29, 0.717) is 17.2 Å². The van der Waals surface area contributed by atoms with E-state index in [-0.39, 0.29) is 35.1 Å². The van der Waals surface area contributed by atoms with Gasteiger partial charge in [0.25, 0.3) is 5.91 Å². The van der Waals surface area contributed by atoms with Gasteiger partial charge in [-0.05, 0) is 27.7 Å². The maximum absolute atomic E-state index is 12.9. The summed E-state index contributed by atoms with van der Waals surface area (Å²) in [6, 6.07) is -0.575. The van der Waals surface area contributed by atoms with Gasteiger partial charge in [0.1, 0.15) is 18.2 Å². The SMILES string of the molecule is Cc1coc(CC(=O)O)c1C(=O)N1CSCC1C(=O)NC(C)(C)C. The number of hydrogen-bond donors (Lipinski definition) is 2. The summed E-state index contributed by atoms with van der Waals surface area (Å²) >= 11 is 1.49. The Balaban J connectivity index is 2.24. The van der Waals surface area contributed by atoms with Crippen molar-refractivity contribution in [3.63, 3.8) is 0 Å². The van der Waals surface area contributed by atoms with Gasteiger partial charge in [0.05, 0.1) is 17.7 Å². The average Bonchev–Trinajstić information content (AvgIpc) is 3.03. The first-order valence-corrected chi connectivity index (χ1v) is 8.75. The Kier molecular flexibility index (Phi) is 5.27. The second-order valence-corrected chi connectivity index (χ2v) is 7.82. The fourth-order valence-corrected chi connectivity index (χ4v) is 3.66. The predicted molar refractivity (Wildman–Crippen MR) is 90.0 cm³/mol. The van der Waals surface area contributed by atoms with E-state index < -0.39 is 12.0 Å². The van der Waals surface area contributed by atoms with Crippen molar-refractivity contribution in [2.75, 3.05) is 11.6 Å². The van der Waals surface area contributed by atoms with E-state index in [0.717, 1.165) is 0 Å². The Morgan fingerprint density at radius 3 is 2.67 bits per heavy atom. The topological polar surface area (TPSA) is 99.8 Å². The molecule has 1 aromatic rings. The van der Waals surface area contributed by atoms with Gasteiger partial charge in [-0.2, -0.15) is 0 Å². The Hall–Kier alpha value is -1.96. The Bertz CT molecular complexity index is 662. The first kappa shape index (κ1) is 18.4. The second kappa shape index (κ2) is 6.88. The van der Waals surface area contributed by atoms with Gasteiger partial charge in [-0.25, -0.2) is 0 Å². The van der Waals surface area contributed by atoms with E-state index in [1.54, 1.807) is 6.92 Å². The van der Waals surface area contributed by atoms with Crippen molar-refractivity contribution in [2.45, 2.75) is 45.7 Å². The monoisotopic (exact) mass is 354 g/mol. The quantitative estimate of drug-likeness (QED) is 0.853. The third-order valence-electron chi connectivity index (χ3n) is 3.52. The number of carbonyl (C=O) groups excluding carboxylic acids is 2. The summed E-state index contributed by atoms with van der Waals surface area (Å²) in [5, 5.41) is 11.9. The number of rotatable bonds is 4. The molecule has 1 atom stereocenters. The molecule has 24 heavy (non-hydrogen) atoms. The smallest absolute Gasteiger partial charge is 0.311 e. The van der Waals surface area contributed by atoms with E-state index in [9.17, 15) is 14.4 Å². The van der Waals surface area contributed by atoms with Crippen LogP contribution in [0.2, 0.25) is 0 Å². The molecule has 1 saturated heterocycles. The molecule has 1 aliphatic rings. The third kappa shape index (κ3) is 4.11. The summed E-state index contributed by atoms with van der Waals surface area (Å²) in [6.45, 7) is 7.33. The van der Waals surface area contributed by atoms with Gasteiger partial charge in [-0.15, -0.1) is 11.8 Å². The maximum atomic E-state index is 12.9. The lowest BCUT2D eigenvalue weighted by Crippen LogP contribution is -2.52. The molecule has 0 saturated carbocycles. The molecule has 2 rings (SSSR count). The van der Waals surface area contributed by atoms with Crippen molar-refractivity contribution in [1.82, 2.24) is 10.2 Å². The van der Waals surface area contributed by atoms with Crippen LogP contribution in [0.5, 0.6) is 0 Å². The number of aryl methyl sites for hydroxylation is 1. The number of amides is 2. The molecule has 132 valence electrons. The number of nitrogens with one attached hydrogen (secondary N) is 1. The molecule has 8 heteroatoms. The highest BCUT2D eigenvalue weighted by Gasteiger charge is 2.38. The van der Waals surface area contributed by atoms with Crippen LogP contribution in [0.15, 0.2) is 10.7 Å². The molecular weight excluding hydrogens is 332 g/mol. The lowest BCUT2D eigenvalue weighted by atomic mass is 10.1. The van der Waals surface area contributed by atoms with E-state index in [1.165, 1.54) is 22.9 Å². The summed E-state index contributed by atoms with van der Waals surface area (Å²) in [4.78, 5) is 37.8. The molecule has 0 aliphatic carbocycles. The molecular formula is C16H22N2O5S. The molecule has 0 aromatic carbocycles. The van der Waals surface area contributed by atoms with Crippen molar-refractivity contribution in [3.8, 4) is 0 Å². The largest absolute Gasteiger partial charge is 0.481 e. The zero-order valence-electron chi connectivity index (χ0n) is 14.2. The second-order valence-electron chi connectivity index (χ2n) is 6.82. The molecule has 1 unspecified atom stereocenters. The minimum atomic E-state index is -1.07. The van der Waals surface area contributed by atoms with Crippen LogP contribution in [0.3, 0.4) is 0 Å². The van der Waals surface area contributed by atoms with Crippen molar-refractivity contribution in [3.05, 3.63) is 23.2 Å². The molecule has 2 heterocycles. The van der Waals surface area contributed by atoms with Crippen molar-refractivity contribution < 1.29 is 23.9 Å². The first-order chi connectivity index (χ1) is 11.1. The summed E-state index contributed by atoms with van der Waals surface area (Å²) in [6.07, 6.45) is 1.01. The molecule has 0 spiro atoms. The minimum Gasteiger partial charge on any atom is -0.481 e. The lowest BCUT2D eigenvalue weighted by molar-refractivity contribution is -0.136. The molecule has 1 fully saturated rings. The fourth-order valence-electron chi connectivity index (χ4n) is 2.51. The van der Waals surface area contributed by atoms with Gasteiger partial charge in [0.15, 0.2) is 0 Å². The highest BCUT2D eigenvalue weighted by Crippen LogP contribution is 2.27. The standard InChI is InChI=1S/C16H22N2O5S/c1-9-6-23-11(5-12(19)20)13(9)15(22)18-8-24-7-10(18)14(21)17-16(2,3)4/h6,10H,5,7-8H2,1-4H3,(H,17,21)(H,19,20). The van der Waals surface area contributed by atoms with Crippen molar-refractivity contribution in [2.24, 2.45) is 0 Å². The molecule has 2 N–H and O–H groups in total. The number of carbonyl (C=O) groups is 3. The zero-order chi connectivity index (χ0) is 18.1. The molecule has 0 radical (unpaired) electrons. The Labute approximate surface area is 144 Å². The Morgan fingerprint density at radius 1 is 1.42 bits per heavy atom. The predicted octanol–water partition coefficient (Wildman–Crippen LogP) is 1.64. The highest BCUT2D eigenvalue weighted by atomic mass is 32.2. The van der Waals surface area contributed by atoms with E-state index in [1.807, 2.05) is 20.8 Å². The van der Waals surface area contributed by atoms with Crippen LogP contribution in [0.1, 0.15) is 42.5 Å². The molecule has 0 bridgehead atoms. The van der Waals surface area contributed by atoms with Crippen LogP contribution in [0, 0.1) is 6.92 Å². The number of hydrogen-bond acceptors (Lipinski definition) is 5. The normalized spacial score (nSPS) is 17.8. The number of nitrogens with zero attached hydrogens (tertiary/aromatic N) is 1. The van der Waals surface area contributed by atoms with E-state index in [4.69, 9.17) is 9.52 Å². The van der Waals surface area contributed by atoms with Crippen LogP contribution in [-0.2, 0) is 16.0 Å². The van der Waals surface area contributed by atoms with Crippen LogP contribution >= 0.6 is 11.8 Å². The highest BCUT2D eigenvalue weighted by molar-refractivity contribution is 7.99. The van der Waals surface area contributed by atoms with Gasteiger partial charge in [0.2, 0.25) is 5.91 Å². The van der Waals surface area contributed by atoms with Gasteiger partial charge >= 0.3 is 5.97 Å². The molecule has 7 nitrogen and oxygen atoms in total. The summed E-state index contributed by atoms with van der Waals surface area (Å²) < 4.78 is 5.23. The van der Waals surface area contributed by atoms with Crippen molar-refractivity contribution in [1.29, 1.82) is 0 Å². The van der Waals surface area contributed by atoms with Gasteiger partial charge in [-0.1, -0.05) is 0 Å². The van der Waals surface area contributed by atoms with Crippen LogP contribution < -0.4 is 5.32 Å². The third-order valence-corrected chi connectivity index (χ3v) is 4.53. The molecule has 1 aliphatic heterocycles. The van der Waals surface area contributed by atoms with Gasteiger partial charge in [-0.3, -0.25) is 14.4 Å². The summed E-state index contributed by atoms with van der Waals surface area (Å²) in [7, 11) is 0. The van der Waals surface area contributed by atoms with Crippen molar-refractivity contribution >= 4 is 29.5 Å². The first-order valence-electron chi connectivity index (χ1n) is 7.59. The molecule has 2 amide bonds. The van der Waals surface area contributed by atoms with Crippen LogP contribution in [0.25, 0.3) is 0 Å². The number of furan rings is 1. The maximum Gasteiger partial charge on any atom is 0.311 e. The average molecular weight is 354 g/mol. The Morgan fingerprint density at radius 2 is 2.08 bits per heavy atom. The van der Waals surface area contributed by atoms with Crippen LogP contribution in [0.4, 0.5) is 0 Å². The van der Waals surface area contributed by atoms with Crippen LogP contribution in [-0.4, -0.2) is 51.0 Å². The number of thioether (sulfide) groups is 1. The zero-order valence-corrected chi connectivity index (χ0v) is 15.0. The number of carboxylic acids is 1. The fraction of sp³-hybridized carbons (Fsp3) is 0.562. The van der Waals surface area contributed by atoms with Gasteiger partial charge in [0, 0.05) is 16.9 Å². The number of aliphatic carboxylic acids is 1. The van der Waals surface area contributed by atoms with E-state index >= 15 is 0 Å². The van der Waals surface area contributed by atoms with E-state index in [2.05, 4.69) is 5.32 Å². The lowest BCUT2D eigenvalue weighted by Gasteiger charge is -2.27. The number of carboxylic acid groups (broad SMARTS) is 1. The summed E-state index contributed by atoms with van der Waals surface area (Å²) in [5.74, 6) is -0.622. The molecule has 1 aromatic heterocycles. The minimum absolute atomic E-state index is 0.122. The van der Waals surface area contributed by atoms with Gasteiger partial charge < -0.3 is 19.7 Å².